The zero-order valence-electron chi connectivity index (χ0n) is 34.1. The number of esters is 2. The minimum Gasteiger partial charge on any atom is -0.465 e. The molecule has 0 aliphatic carbocycles. The van der Waals surface area contributed by atoms with Gasteiger partial charge in [-0.15, -0.1) is 0 Å². The van der Waals surface area contributed by atoms with Crippen LogP contribution in [0.25, 0.3) is 0 Å². The van der Waals surface area contributed by atoms with E-state index in [1.165, 1.54) is 95.2 Å². The molecule has 0 heterocycles. The van der Waals surface area contributed by atoms with Crippen LogP contribution in [0.1, 0.15) is 149 Å². The van der Waals surface area contributed by atoms with Crippen molar-refractivity contribution in [1.29, 1.82) is 0 Å². The maximum absolute atomic E-state index is 13.5. The number of benzene rings is 3. The van der Waals surface area contributed by atoms with Crippen molar-refractivity contribution in [1.82, 2.24) is 5.32 Å². The number of hydrogen-bond donors (Lipinski definition) is 3. The lowest BCUT2D eigenvalue weighted by atomic mass is 10.0. The van der Waals surface area contributed by atoms with Gasteiger partial charge in [-0.1, -0.05) is 127 Å². The molecule has 0 fully saturated rings. The van der Waals surface area contributed by atoms with Crippen molar-refractivity contribution in [3.8, 4) is 0 Å². The van der Waals surface area contributed by atoms with Crippen LogP contribution in [0.4, 0.5) is 17.1 Å². The van der Waals surface area contributed by atoms with E-state index in [2.05, 4.69) is 27.6 Å². The van der Waals surface area contributed by atoms with Gasteiger partial charge in [0.2, 0.25) is 11.8 Å². The number of nitrogens with zero attached hydrogens (tertiary/aromatic N) is 1. The number of anilines is 2. The van der Waals surface area contributed by atoms with E-state index in [9.17, 15) is 34.1 Å². The number of non-ortho nitro benzene ring substituents is 1. The highest BCUT2D eigenvalue weighted by Crippen LogP contribution is 2.23. The molecule has 0 unspecified atom stereocenters. The molecule has 13 heteroatoms. The second-order valence-electron chi connectivity index (χ2n) is 14.5. The Balaban J connectivity index is 1.48. The van der Waals surface area contributed by atoms with Crippen molar-refractivity contribution >= 4 is 46.7 Å². The van der Waals surface area contributed by atoms with Gasteiger partial charge in [0, 0.05) is 41.9 Å². The summed E-state index contributed by atoms with van der Waals surface area (Å²) in [6.45, 7) is 2.27. The van der Waals surface area contributed by atoms with Gasteiger partial charge < -0.3 is 25.4 Å². The first-order chi connectivity index (χ1) is 28.1. The van der Waals surface area contributed by atoms with Gasteiger partial charge in [-0.2, -0.15) is 0 Å². The van der Waals surface area contributed by atoms with E-state index in [1.54, 1.807) is 36.4 Å². The highest BCUT2D eigenvalue weighted by Gasteiger charge is 2.25. The zero-order chi connectivity index (χ0) is 42.0. The Kier molecular flexibility index (Phi) is 21.9. The summed E-state index contributed by atoms with van der Waals surface area (Å²) < 4.78 is 10.0. The predicted octanol–water partition coefficient (Wildman–Crippen LogP) is 9.84. The minimum absolute atomic E-state index is 0.0231. The van der Waals surface area contributed by atoms with Crippen LogP contribution in [0.15, 0.2) is 72.8 Å². The molecule has 3 aromatic carbocycles. The molecule has 0 saturated carbocycles. The van der Waals surface area contributed by atoms with Crippen LogP contribution in [-0.4, -0.2) is 47.7 Å². The number of carbonyl (C=O) groups excluding carboxylic acids is 5. The monoisotopic (exact) mass is 800 g/mol. The molecule has 0 saturated heterocycles. The van der Waals surface area contributed by atoms with E-state index in [-0.39, 0.29) is 42.2 Å². The van der Waals surface area contributed by atoms with Crippen molar-refractivity contribution in [2.45, 2.75) is 135 Å². The summed E-state index contributed by atoms with van der Waals surface area (Å²) in [5.41, 5.74) is 0.757. The zero-order valence-corrected chi connectivity index (χ0v) is 34.1. The summed E-state index contributed by atoms with van der Waals surface area (Å²) in [4.78, 5) is 75.0. The highest BCUT2D eigenvalue weighted by atomic mass is 16.6. The fourth-order valence-corrected chi connectivity index (χ4v) is 6.42. The molecular weight excluding hydrogens is 741 g/mol. The summed E-state index contributed by atoms with van der Waals surface area (Å²) in [5.74, 6) is -3.00. The number of nitro benzene ring substituents is 1. The molecular formula is C45H60N4O9. The van der Waals surface area contributed by atoms with Crippen LogP contribution < -0.4 is 16.0 Å². The van der Waals surface area contributed by atoms with Gasteiger partial charge in [0.1, 0.15) is 12.6 Å². The number of unbranched alkanes of at least 4 members (excludes halogenated alkanes) is 14. The van der Waals surface area contributed by atoms with Crippen LogP contribution in [-0.2, 0) is 30.5 Å². The second kappa shape index (κ2) is 27.1. The predicted molar refractivity (Wildman–Crippen MR) is 224 cm³/mol. The third-order valence-corrected chi connectivity index (χ3v) is 9.76. The molecule has 3 aromatic rings. The largest absolute Gasteiger partial charge is 0.465 e. The number of ether oxygens (including phenoxy) is 2. The van der Waals surface area contributed by atoms with Crippen LogP contribution in [0.2, 0.25) is 0 Å². The number of carbonyl (C=O) groups is 5. The van der Waals surface area contributed by atoms with E-state index < -0.39 is 40.4 Å². The summed E-state index contributed by atoms with van der Waals surface area (Å²) >= 11 is 0. The van der Waals surface area contributed by atoms with Crippen molar-refractivity contribution in [2.24, 2.45) is 0 Å². The van der Waals surface area contributed by atoms with Crippen molar-refractivity contribution in [2.75, 3.05) is 17.7 Å². The fourth-order valence-electron chi connectivity index (χ4n) is 6.42. The van der Waals surface area contributed by atoms with Crippen molar-refractivity contribution in [3.63, 3.8) is 0 Å². The molecule has 314 valence electrons. The Morgan fingerprint density at radius 3 is 1.83 bits per heavy atom. The first-order valence-corrected chi connectivity index (χ1v) is 20.7. The first-order valence-electron chi connectivity index (χ1n) is 20.7. The standard InChI is InChI=1S/C45H60N4O9/c1-3-4-5-6-7-8-9-10-11-12-13-14-15-16-20-23-41(50)46-37-26-24-35(25-27-37)43(52)48-40(28-29-42(51)58-33-34-21-18-17-19-22-34)44(53)47-38-30-36(45(54)57-2)31-39(32-38)49(55)56/h17-19,21-22,24-27,30-32,40H,3-16,20,23,28-29,33H2,1-2H3,(H,46,50)(H,47,53)(H,48,52)/t40-/m1/s1. The van der Waals surface area contributed by atoms with Gasteiger partial charge in [-0.05, 0) is 48.7 Å². The van der Waals surface area contributed by atoms with Gasteiger partial charge in [0.25, 0.3) is 11.6 Å². The maximum atomic E-state index is 13.5. The normalized spacial score (nSPS) is 11.3. The number of amides is 3. The summed E-state index contributed by atoms with van der Waals surface area (Å²) in [6, 6.07) is 17.2. The Morgan fingerprint density at radius 1 is 0.672 bits per heavy atom. The fraction of sp³-hybridized carbons (Fsp3) is 0.489. The molecule has 3 rings (SSSR count). The second-order valence-corrected chi connectivity index (χ2v) is 14.5. The Bertz CT molecular complexity index is 1750. The lowest BCUT2D eigenvalue weighted by Gasteiger charge is -2.19. The van der Waals surface area contributed by atoms with Crippen LogP contribution in [0, 0.1) is 10.1 Å². The average Bonchev–Trinajstić information content (AvgIpc) is 3.22. The van der Waals surface area contributed by atoms with Gasteiger partial charge >= 0.3 is 11.9 Å². The van der Waals surface area contributed by atoms with E-state index in [1.807, 2.05) is 6.07 Å². The molecule has 13 nitrogen and oxygen atoms in total. The number of rotatable bonds is 28. The number of methoxy groups -OCH3 is 1. The Labute approximate surface area is 342 Å². The summed E-state index contributed by atoms with van der Waals surface area (Å²) in [7, 11) is 1.12. The molecule has 0 aliphatic heterocycles. The SMILES string of the molecule is CCCCCCCCCCCCCCCCCC(=O)Nc1ccc(C(=O)N[C@H](CCC(=O)OCc2ccccc2)C(=O)Nc2cc(C(=O)OC)cc([N+](=O)[O-])c2)cc1. The topological polar surface area (TPSA) is 183 Å². The van der Waals surface area contributed by atoms with Crippen molar-refractivity contribution in [3.05, 3.63) is 99.6 Å². The van der Waals surface area contributed by atoms with Gasteiger partial charge in [-0.3, -0.25) is 29.3 Å². The molecule has 0 spiro atoms. The number of nitro groups is 1. The third-order valence-electron chi connectivity index (χ3n) is 9.76. The molecule has 0 aromatic heterocycles. The molecule has 1 atom stereocenters. The lowest BCUT2D eigenvalue weighted by molar-refractivity contribution is -0.384. The average molecular weight is 801 g/mol. The van der Waals surface area contributed by atoms with Crippen LogP contribution >= 0.6 is 0 Å². The molecule has 0 bridgehead atoms. The van der Waals surface area contributed by atoms with Crippen molar-refractivity contribution < 1.29 is 38.4 Å². The highest BCUT2D eigenvalue weighted by molar-refractivity contribution is 6.02. The van der Waals surface area contributed by atoms with Crippen LogP contribution in [0.5, 0.6) is 0 Å². The molecule has 0 radical (unpaired) electrons. The third kappa shape index (κ3) is 18.6. The number of hydrogen-bond acceptors (Lipinski definition) is 9. The Morgan fingerprint density at radius 2 is 1.26 bits per heavy atom. The maximum Gasteiger partial charge on any atom is 0.338 e. The van der Waals surface area contributed by atoms with E-state index in [0.717, 1.165) is 44.1 Å². The molecule has 58 heavy (non-hydrogen) atoms. The quantitative estimate of drug-likeness (QED) is 0.0278. The van der Waals surface area contributed by atoms with E-state index >= 15 is 0 Å². The van der Waals surface area contributed by atoms with E-state index in [4.69, 9.17) is 4.74 Å². The molecule has 3 amide bonds. The number of nitrogens with one attached hydrogen (secondary N) is 3. The van der Waals surface area contributed by atoms with Gasteiger partial charge in [-0.25, -0.2) is 4.79 Å². The lowest BCUT2D eigenvalue weighted by Crippen LogP contribution is -2.44. The minimum atomic E-state index is -1.29. The van der Waals surface area contributed by atoms with Gasteiger partial charge in [0.05, 0.1) is 17.6 Å². The van der Waals surface area contributed by atoms with E-state index in [0.29, 0.717) is 12.1 Å². The summed E-state index contributed by atoms with van der Waals surface area (Å²) in [5, 5.41) is 19.5. The van der Waals surface area contributed by atoms with Crippen LogP contribution in [0.3, 0.4) is 0 Å². The molecule has 0 aliphatic rings. The first kappa shape index (κ1) is 46.8. The summed E-state index contributed by atoms with van der Waals surface area (Å²) in [6.07, 6.45) is 18.7. The smallest absolute Gasteiger partial charge is 0.338 e. The van der Waals surface area contributed by atoms with Gasteiger partial charge in [0.15, 0.2) is 0 Å². The molecule has 3 N–H and O–H groups in total. The Hall–Kier alpha value is -5.59.